The molecule has 0 bridgehead atoms. The third-order valence-corrected chi connectivity index (χ3v) is 7.75. The molecule has 0 spiro atoms. The molecule has 0 heterocycles. The molecule has 1 aliphatic carbocycles. The van der Waals surface area contributed by atoms with Crippen LogP contribution < -0.4 is 4.74 Å². The van der Waals surface area contributed by atoms with Gasteiger partial charge in [-0.15, -0.1) is 0 Å². The van der Waals surface area contributed by atoms with Crippen molar-refractivity contribution >= 4 is 27.2 Å². The molecule has 1 aromatic rings. The number of sulfone groups is 1. The highest BCUT2D eigenvalue weighted by molar-refractivity contribution is 7.91. The maximum Gasteiger partial charge on any atom is 0.152 e. The van der Waals surface area contributed by atoms with Crippen LogP contribution in [0.1, 0.15) is 45.1 Å². The summed E-state index contributed by atoms with van der Waals surface area (Å²) < 4.78 is 29.2. The van der Waals surface area contributed by atoms with Crippen molar-refractivity contribution in [1.82, 2.24) is 0 Å². The molecule has 2 rings (SSSR count). The minimum Gasteiger partial charge on any atom is -0.495 e. The van der Waals surface area contributed by atoms with E-state index in [0.29, 0.717) is 17.2 Å². The summed E-state index contributed by atoms with van der Waals surface area (Å²) in [6, 6.07) is 5.42. The molecule has 6 heteroatoms. The van der Waals surface area contributed by atoms with Crippen LogP contribution in [0, 0.1) is 11.8 Å². The lowest BCUT2D eigenvalue weighted by molar-refractivity contribution is -0.123. The second-order valence-corrected chi connectivity index (χ2v) is 10.2. The van der Waals surface area contributed by atoms with Gasteiger partial charge >= 0.3 is 0 Å². The van der Waals surface area contributed by atoms with Crippen LogP contribution in [0.25, 0.3) is 0 Å². The highest BCUT2D eigenvalue weighted by atomic mass is 35.5. The average Bonchev–Trinajstić information content (AvgIpc) is 2.55. The number of ketones is 1. The predicted molar refractivity (Wildman–Crippen MR) is 101 cm³/mol. The number of methoxy groups -OCH3 is 1. The van der Waals surface area contributed by atoms with Gasteiger partial charge in [0.15, 0.2) is 9.84 Å². The molecule has 1 aliphatic rings. The molecule has 0 radical (unpaired) electrons. The number of hydrogen-bond acceptors (Lipinski definition) is 4. The third kappa shape index (κ3) is 5.45. The Kier molecular flexibility index (Phi) is 6.92. The van der Waals surface area contributed by atoms with E-state index in [9.17, 15) is 13.2 Å². The van der Waals surface area contributed by atoms with Crippen LogP contribution in [-0.4, -0.2) is 32.3 Å². The standard InChI is InChI=1S/C19H27ClO4S/c1-13(2)25(22,23)12-14-4-7-16(8-5-14)18(21)11-15-6-9-19(24-3)17(20)10-15/h6,9-10,13-14,16H,4-5,7-8,11-12H2,1-3H3. The molecule has 0 N–H and O–H groups in total. The van der Waals surface area contributed by atoms with Crippen molar-refractivity contribution in [2.75, 3.05) is 12.9 Å². The van der Waals surface area contributed by atoms with E-state index in [4.69, 9.17) is 16.3 Å². The number of halogens is 1. The SMILES string of the molecule is COc1ccc(CC(=O)C2CCC(CS(=O)(=O)C(C)C)CC2)cc1Cl. The van der Waals surface area contributed by atoms with Crippen LogP contribution in [0.2, 0.25) is 5.02 Å². The van der Waals surface area contributed by atoms with Crippen molar-refractivity contribution in [3.8, 4) is 5.75 Å². The second-order valence-electron chi connectivity index (χ2n) is 7.21. The summed E-state index contributed by atoms with van der Waals surface area (Å²) in [5, 5.41) is 0.182. The number of Topliss-reactive ketones (excluding diaryl/α,β-unsaturated/α-hetero) is 1. The van der Waals surface area contributed by atoms with Gasteiger partial charge in [0.05, 0.1) is 23.1 Å². The molecule has 0 unspecified atom stereocenters. The number of carbonyl (C=O) groups excluding carboxylic acids is 1. The Morgan fingerprint density at radius 2 is 1.88 bits per heavy atom. The second kappa shape index (κ2) is 8.54. The van der Waals surface area contributed by atoms with Gasteiger partial charge in [-0.3, -0.25) is 4.79 Å². The van der Waals surface area contributed by atoms with E-state index in [-0.39, 0.29) is 28.6 Å². The van der Waals surface area contributed by atoms with Gasteiger partial charge in [0.2, 0.25) is 0 Å². The lowest BCUT2D eigenvalue weighted by atomic mass is 9.79. The Hall–Kier alpha value is -1.07. The van der Waals surface area contributed by atoms with Crippen molar-refractivity contribution in [3.05, 3.63) is 28.8 Å². The Morgan fingerprint density at radius 1 is 1.24 bits per heavy atom. The van der Waals surface area contributed by atoms with E-state index in [0.717, 1.165) is 31.2 Å². The molecule has 0 atom stereocenters. The fourth-order valence-corrected chi connectivity index (χ4v) is 4.99. The molecule has 25 heavy (non-hydrogen) atoms. The fraction of sp³-hybridized carbons (Fsp3) is 0.632. The molecular formula is C19H27ClO4S. The Labute approximate surface area is 155 Å². The summed E-state index contributed by atoms with van der Waals surface area (Å²) in [7, 11) is -1.45. The zero-order valence-corrected chi connectivity index (χ0v) is 16.7. The maximum atomic E-state index is 12.5. The summed E-state index contributed by atoms with van der Waals surface area (Å²) in [5.74, 6) is 1.28. The highest BCUT2D eigenvalue weighted by Gasteiger charge is 2.30. The van der Waals surface area contributed by atoms with Crippen LogP contribution >= 0.6 is 11.6 Å². The number of carbonyl (C=O) groups is 1. The van der Waals surface area contributed by atoms with Gasteiger partial charge in [-0.25, -0.2) is 8.42 Å². The minimum absolute atomic E-state index is 0.0267. The largest absolute Gasteiger partial charge is 0.495 e. The van der Waals surface area contributed by atoms with Gasteiger partial charge in [0.1, 0.15) is 11.5 Å². The molecule has 1 aromatic carbocycles. The summed E-state index contributed by atoms with van der Waals surface area (Å²) in [6.45, 7) is 3.45. The predicted octanol–water partition coefficient (Wildman–Crippen LogP) is 4.09. The summed E-state index contributed by atoms with van der Waals surface area (Å²) >= 11 is 6.11. The molecule has 0 aliphatic heterocycles. The first-order valence-electron chi connectivity index (χ1n) is 8.79. The molecule has 140 valence electrons. The smallest absolute Gasteiger partial charge is 0.152 e. The molecular weight excluding hydrogens is 360 g/mol. The van der Waals surface area contributed by atoms with Gasteiger partial charge in [-0.1, -0.05) is 17.7 Å². The van der Waals surface area contributed by atoms with Crippen molar-refractivity contribution in [3.63, 3.8) is 0 Å². The van der Waals surface area contributed by atoms with Crippen molar-refractivity contribution in [2.45, 2.75) is 51.2 Å². The molecule has 0 saturated heterocycles. The number of benzene rings is 1. The van der Waals surface area contributed by atoms with Crippen LogP contribution in [0.3, 0.4) is 0 Å². The van der Waals surface area contributed by atoms with E-state index in [1.807, 2.05) is 6.07 Å². The first kappa shape index (κ1) is 20.2. The van der Waals surface area contributed by atoms with E-state index >= 15 is 0 Å². The number of rotatable bonds is 7. The lowest BCUT2D eigenvalue weighted by Gasteiger charge is -2.28. The summed E-state index contributed by atoms with van der Waals surface area (Å²) in [4.78, 5) is 12.5. The normalized spacial score (nSPS) is 21.3. The van der Waals surface area contributed by atoms with E-state index < -0.39 is 9.84 Å². The monoisotopic (exact) mass is 386 g/mol. The molecule has 0 amide bonds. The van der Waals surface area contributed by atoms with E-state index in [1.54, 1.807) is 33.1 Å². The molecule has 0 aromatic heterocycles. The van der Waals surface area contributed by atoms with Crippen molar-refractivity contribution in [1.29, 1.82) is 0 Å². The highest BCUT2D eigenvalue weighted by Crippen LogP contribution is 2.32. The van der Waals surface area contributed by atoms with E-state index in [1.165, 1.54) is 0 Å². The van der Waals surface area contributed by atoms with Crippen molar-refractivity contribution < 1.29 is 17.9 Å². The minimum atomic E-state index is -3.01. The zero-order chi connectivity index (χ0) is 18.6. The van der Waals surface area contributed by atoms with Gasteiger partial charge in [0, 0.05) is 12.3 Å². The number of hydrogen-bond donors (Lipinski definition) is 0. The summed E-state index contributed by atoms with van der Waals surface area (Å²) in [5.41, 5.74) is 0.889. The topological polar surface area (TPSA) is 60.4 Å². The van der Waals surface area contributed by atoms with Crippen LogP contribution in [0.4, 0.5) is 0 Å². The quantitative estimate of drug-likeness (QED) is 0.708. The van der Waals surface area contributed by atoms with Gasteiger partial charge < -0.3 is 4.74 Å². The van der Waals surface area contributed by atoms with Gasteiger partial charge in [-0.05, 0) is 63.1 Å². The third-order valence-electron chi connectivity index (χ3n) is 5.08. The maximum absolute atomic E-state index is 12.5. The lowest BCUT2D eigenvalue weighted by Crippen LogP contribution is -2.29. The molecule has 1 saturated carbocycles. The first-order chi connectivity index (χ1) is 11.7. The molecule has 4 nitrogen and oxygen atoms in total. The van der Waals surface area contributed by atoms with Crippen LogP contribution in [-0.2, 0) is 21.1 Å². The van der Waals surface area contributed by atoms with Gasteiger partial charge in [-0.2, -0.15) is 0 Å². The van der Waals surface area contributed by atoms with E-state index in [2.05, 4.69) is 0 Å². The number of ether oxygens (including phenoxy) is 1. The summed E-state index contributed by atoms with van der Waals surface area (Å²) in [6.07, 6.45) is 3.54. The fourth-order valence-electron chi connectivity index (χ4n) is 3.34. The average molecular weight is 387 g/mol. The first-order valence-corrected chi connectivity index (χ1v) is 10.9. The molecule has 1 fully saturated rings. The Morgan fingerprint density at radius 3 is 2.40 bits per heavy atom. The Balaban J connectivity index is 1.88. The van der Waals surface area contributed by atoms with Crippen molar-refractivity contribution in [2.24, 2.45) is 11.8 Å². The van der Waals surface area contributed by atoms with Crippen LogP contribution in [0.15, 0.2) is 18.2 Å². The van der Waals surface area contributed by atoms with Crippen LogP contribution in [0.5, 0.6) is 5.75 Å². The Bertz CT molecular complexity index is 704. The zero-order valence-electron chi connectivity index (χ0n) is 15.1. The van der Waals surface area contributed by atoms with Gasteiger partial charge in [0.25, 0.3) is 0 Å².